The molecule has 0 unspecified atom stereocenters. The summed E-state index contributed by atoms with van der Waals surface area (Å²) in [5.74, 6) is -2.17. The second kappa shape index (κ2) is 8.71. The highest BCUT2D eigenvalue weighted by atomic mass is 19.2. The van der Waals surface area contributed by atoms with Crippen molar-refractivity contribution in [2.45, 2.75) is 6.54 Å². The summed E-state index contributed by atoms with van der Waals surface area (Å²) in [6.45, 7) is 4.18. The standard InChI is InChI=1S/C20H20F2N4O/c21-18-6-5-17(11-19(18)22)24-20(27)14-26-9-7-25(8-10-26)13-16-3-1-15(12-23)2-4-16/h1-6,11H,7-10,13-14H2,(H,24,27). The van der Waals surface area contributed by atoms with Crippen LogP contribution in [0.2, 0.25) is 0 Å². The van der Waals surface area contributed by atoms with Crippen molar-refractivity contribution < 1.29 is 13.6 Å². The number of nitriles is 1. The smallest absolute Gasteiger partial charge is 0.238 e. The lowest BCUT2D eigenvalue weighted by atomic mass is 10.1. The van der Waals surface area contributed by atoms with Gasteiger partial charge >= 0.3 is 0 Å². The molecule has 1 N–H and O–H groups in total. The van der Waals surface area contributed by atoms with Gasteiger partial charge in [-0.25, -0.2) is 8.78 Å². The molecule has 1 fully saturated rings. The Kier molecular flexibility index (Phi) is 6.12. The number of anilines is 1. The summed E-state index contributed by atoms with van der Waals surface area (Å²) in [5, 5.41) is 11.4. The number of benzene rings is 2. The molecule has 0 bridgehead atoms. The van der Waals surface area contributed by atoms with E-state index in [2.05, 4.69) is 16.3 Å². The van der Waals surface area contributed by atoms with E-state index in [1.165, 1.54) is 6.07 Å². The molecule has 0 atom stereocenters. The van der Waals surface area contributed by atoms with E-state index in [1.807, 2.05) is 29.2 Å². The molecule has 1 amide bonds. The van der Waals surface area contributed by atoms with Crippen LogP contribution < -0.4 is 5.32 Å². The van der Waals surface area contributed by atoms with Gasteiger partial charge in [-0.05, 0) is 29.8 Å². The molecule has 0 saturated carbocycles. The highest BCUT2D eigenvalue weighted by Gasteiger charge is 2.19. The fourth-order valence-electron chi connectivity index (χ4n) is 3.03. The van der Waals surface area contributed by atoms with E-state index in [0.717, 1.165) is 50.4 Å². The Morgan fingerprint density at radius 3 is 2.30 bits per heavy atom. The van der Waals surface area contributed by atoms with E-state index in [1.54, 1.807) is 0 Å². The first-order valence-corrected chi connectivity index (χ1v) is 8.72. The fourth-order valence-corrected chi connectivity index (χ4v) is 3.03. The first kappa shape index (κ1) is 19.0. The topological polar surface area (TPSA) is 59.4 Å². The van der Waals surface area contributed by atoms with Gasteiger partial charge in [-0.15, -0.1) is 0 Å². The number of halogens is 2. The lowest BCUT2D eigenvalue weighted by Crippen LogP contribution is -2.48. The van der Waals surface area contributed by atoms with Gasteiger partial charge in [0.2, 0.25) is 5.91 Å². The maximum absolute atomic E-state index is 13.2. The molecule has 7 heteroatoms. The van der Waals surface area contributed by atoms with Crippen LogP contribution in [0.4, 0.5) is 14.5 Å². The maximum Gasteiger partial charge on any atom is 0.238 e. The van der Waals surface area contributed by atoms with Gasteiger partial charge in [0.05, 0.1) is 18.2 Å². The largest absolute Gasteiger partial charge is 0.325 e. The summed E-state index contributed by atoms with van der Waals surface area (Å²) in [6.07, 6.45) is 0. The molecule has 0 aromatic heterocycles. The number of hydrogen-bond acceptors (Lipinski definition) is 4. The van der Waals surface area contributed by atoms with E-state index in [4.69, 9.17) is 5.26 Å². The van der Waals surface area contributed by atoms with Gasteiger partial charge in [-0.1, -0.05) is 12.1 Å². The number of amides is 1. The van der Waals surface area contributed by atoms with Crippen LogP contribution in [0, 0.1) is 23.0 Å². The highest BCUT2D eigenvalue weighted by Crippen LogP contribution is 2.14. The first-order chi connectivity index (χ1) is 13.0. The van der Waals surface area contributed by atoms with Gasteiger partial charge in [-0.2, -0.15) is 5.26 Å². The molecule has 2 aromatic rings. The average Bonchev–Trinajstić information content (AvgIpc) is 2.67. The number of rotatable bonds is 5. The van der Waals surface area contributed by atoms with E-state index in [-0.39, 0.29) is 18.1 Å². The molecule has 3 rings (SSSR count). The Hall–Kier alpha value is -2.82. The van der Waals surface area contributed by atoms with Gasteiger partial charge in [0, 0.05) is 44.5 Å². The van der Waals surface area contributed by atoms with E-state index >= 15 is 0 Å². The van der Waals surface area contributed by atoms with Crippen molar-refractivity contribution >= 4 is 11.6 Å². The monoisotopic (exact) mass is 370 g/mol. The number of hydrogen-bond donors (Lipinski definition) is 1. The van der Waals surface area contributed by atoms with Crippen LogP contribution in [0.25, 0.3) is 0 Å². The van der Waals surface area contributed by atoms with Crippen LogP contribution in [0.3, 0.4) is 0 Å². The molecule has 0 aliphatic carbocycles. The SMILES string of the molecule is N#Cc1ccc(CN2CCN(CC(=O)Nc3ccc(F)c(F)c3)CC2)cc1. The van der Waals surface area contributed by atoms with Crippen molar-refractivity contribution in [3.05, 3.63) is 65.2 Å². The van der Waals surface area contributed by atoms with E-state index < -0.39 is 11.6 Å². The fraction of sp³-hybridized carbons (Fsp3) is 0.300. The molecule has 140 valence electrons. The third-order valence-corrected chi connectivity index (χ3v) is 4.52. The Labute approximate surface area is 156 Å². The van der Waals surface area contributed by atoms with Crippen molar-refractivity contribution in [2.75, 3.05) is 38.0 Å². The normalized spacial score (nSPS) is 15.3. The minimum Gasteiger partial charge on any atom is -0.325 e. The molecular weight excluding hydrogens is 350 g/mol. The number of carbonyl (C=O) groups is 1. The van der Waals surface area contributed by atoms with Crippen LogP contribution in [0.1, 0.15) is 11.1 Å². The second-order valence-electron chi connectivity index (χ2n) is 6.54. The summed E-state index contributed by atoms with van der Waals surface area (Å²) in [4.78, 5) is 16.4. The number of nitrogens with zero attached hydrogens (tertiary/aromatic N) is 3. The predicted molar refractivity (Wildman–Crippen MR) is 97.9 cm³/mol. The molecule has 1 heterocycles. The lowest BCUT2D eigenvalue weighted by Gasteiger charge is -2.34. The number of piperazine rings is 1. The summed E-state index contributed by atoms with van der Waals surface area (Å²) >= 11 is 0. The highest BCUT2D eigenvalue weighted by molar-refractivity contribution is 5.92. The zero-order valence-corrected chi connectivity index (χ0v) is 14.8. The average molecular weight is 370 g/mol. The van der Waals surface area contributed by atoms with Gasteiger partial charge in [-0.3, -0.25) is 14.6 Å². The molecule has 27 heavy (non-hydrogen) atoms. The summed E-state index contributed by atoms with van der Waals surface area (Å²) in [5.41, 5.74) is 2.05. The zero-order valence-electron chi connectivity index (χ0n) is 14.8. The van der Waals surface area contributed by atoms with Crippen molar-refractivity contribution in [2.24, 2.45) is 0 Å². The first-order valence-electron chi connectivity index (χ1n) is 8.72. The molecule has 2 aromatic carbocycles. The minimum atomic E-state index is -0.982. The Morgan fingerprint density at radius 1 is 1.00 bits per heavy atom. The zero-order chi connectivity index (χ0) is 19.2. The quantitative estimate of drug-likeness (QED) is 0.879. The summed E-state index contributed by atoms with van der Waals surface area (Å²) < 4.78 is 26.1. The van der Waals surface area contributed by atoms with Crippen LogP contribution in [0.15, 0.2) is 42.5 Å². The van der Waals surface area contributed by atoms with Crippen LogP contribution in [-0.2, 0) is 11.3 Å². The molecule has 1 aliphatic heterocycles. The van der Waals surface area contributed by atoms with Crippen LogP contribution >= 0.6 is 0 Å². The van der Waals surface area contributed by atoms with E-state index in [0.29, 0.717) is 5.56 Å². The molecule has 5 nitrogen and oxygen atoms in total. The Bertz CT molecular complexity index is 840. The summed E-state index contributed by atoms with van der Waals surface area (Å²) in [7, 11) is 0. The van der Waals surface area contributed by atoms with Gasteiger partial charge in [0.15, 0.2) is 11.6 Å². The predicted octanol–water partition coefficient (Wildman–Crippen LogP) is 2.59. The van der Waals surface area contributed by atoms with Crippen molar-refractivity contribution in [3.8, 4) is 6.07 Å². The lowest BCUT2D eigenvalue weighted by molar-refractivity contribution is -0.117. The summed E-state index contributed by atoms with van der Waals surface area (Å²) in [6, 6.07) is 13.0. The number of carbonyl (C=O) groups excluding carboxylic acids is 1. The van der Waals surface area contributed by atoms with Crippen molar-refractivity contribution in [3.63, 3.8) is 0 Å². The third kappa shape index (κ3) is 5.33. The van der Waals surface area contributed by atoms with E-state index in [9.17, 15) is 13.6 Å². The molecule has 0 spiro atoms. The molecule has 0 radical (unpaired) electrons. The number of nitrogens with one attached hydrogen (secondary N) is 1. The van der Waals surface area contributed by atoms with Gasteiger partial charge < -0.3 is 5.32 Å². The minimum absolute atomic E-state index is 0.212. The van der Waals surface area contributed by atoms with Crippen molar-refractivity contribution in [1.29, 1.82) is 5.26 Å². The maximum atomic E-state index is 13.2. The van der Waals surface area contributed by atoms with Crippen molar-refractivity contribution in [1.82, 2.24) is 9.80 Å². The molecular formula is C20H20F2N4O. The van der Waals surface area contributed by atoms with Gasteiger partial charge in [0.25, 0.3) is 0 Å². The molecule has 1 aliphatic rings. The Balaban J connectivity index is 1.43. The van der Waals surface area contributed by atoms with Crippen LogP contribution in [-0.4, -0.2) is 48.4 Å². The molecule has 1 saturated heterocycles. The van der Waals surface area contributed by atoms with Crippen LogP contribution in [0.5, 0.6) is 0 Å². The third-order valence-electron chi connectivity index (χ3n) is 4.52. The van der Waals surface area contributed by atoms with Gasteiger partial charge in [0.1, 0.15) is 0 Å². The second-order valence-corrected chi connectivity index (χ2v) is 6.54. The Morgan fingerprint density at radius 2 is 1.67 bits per heavy atom.